The van der Waals surface area contributed by atoms with Gasteiger partial charge in [0.15, 0.2) is 11.5 Å². The van der Waals surface area contributed by atoms with Gasteiger partial charge in [-0.25, -0.2) is 19.0 Å². The smallest absolute Gasteiger partial charge is 0.359 e. The van der Waals surface area contributed by atoms with Crippen LogP contribution >= 0.6 is 0 Å². The number of aromatic nitrogens is 4. The molecule has 0 fully saturated rings. The summed E-state index contributed by atoms with van der Waals surface area (Å²) in [5.74, 6) is -0.0979. The number of nitro groups is 1. The summed E-state index contributed by atoms with van der Waals surface area (Å²) in [6.07, 6.45) is 1.57. The van der Waals surface area contributed by atoms with Crippen molar-refractivity contribution in [2.24, 2.45) is 0 Å². The summed E-state index contributed by atoms with van der Waals surface area (Å²) in [7, 11) is 0. The van der Waals surface area contributed by atoms with Gasteiger partial charge in [-0.1, -0.05) is 42.5 Å². The van der Waals surface area contributed by atoms with Gasteiger partial charge in [-0.15, -0.1) is 0 Å². The molecule has 9 nitrogen and oxygen atoms in total. The maximum Gasteiger partial charge on any atom is 0.359 e. The quantitative estimate of drug-likeness (QED) is 0.215. The summed E-state index contributed by atoms with van der Waals surface area (Å²) in [4.78, 5) is 28.1. The van der Waals surface area contributed by atoms with E-state index in [4.69, 9.17) is 4.74 Å². The van der Waals surface area contributed by atoms with Gasteiger partial charge >= 0.3 is 11.8 Å². The Morgan fingerprint density at radius 2 is 1.79 bits per heavy atom. The number of para-hydroxylation sites is 1. The Hall–Kier alpha value is -4.27. The summed E-state index contributed by atoms with van der Waals surface area (Å²) in [6, 6.07) is 17.4. The molecule has 174 valence electrons. The van der Waals surface area contributed by atoms with Crippen molar-refractivity contribution in [3.63, 3.8) is 0 Å². The maximum atomic E-state index is 13.0. The van der Waals surface area contributed by atoms with Crippen LogP contribution in [0.4, 0.5) is 5.82 Å². The van der Waals surface area contributed by atoms with E-state index in [0.717, 1.165) is 22.5 Å². The van der Waals surface area contributed by atoms with Crippen molar-refractivity contribution in [3.8, 4) is 16.9 Å². The normalized spacial score (nSPS) is 10.9. The lowest BCUT2D eigenvalue weighted by molar-refractivity contribution is -0.392. The number of carbonyl (C=O) groups is 1. The molecule has 0 atom stereocenters. The minimum absolute atomic E-state index is 0.0944. The molecule has 0 aliphatic carbocycles. The van der Waals surface area contributed by atoms with Gasteiger partial charge in [0.05, 0.1) is 24.5 Å². The fourth-order valence-electron chi connectivity index (χ4n) is 4.02. The molecule has 0 unspecified atom stereocenters. The number of imidazole rings is 1. The molecule has 4 rings (SSSR count). The van der Waals surface area contributed by atoms with Crippen LogP contribution in [0.25, 0.3) is 16.9 Å². The molecule has 9 heteroatoms. The van der Waals surface area contributed by atoms with Gasteiger partial charge < -0.3 is 14.9 Å². The third kappa shape index (κ3) is 4.32. The van der Waals surface area contributed by atoms with E-state index in [1.165, 1.54) is 10.8 Å². The number of hydrogen-bond acceptors (Lipinski definition) is 6. The summed E-state index contributed by atoms with van der Waals surface area (Å²) >= 11 is 0. The Bertz CT molecular complexity index is 1340. The molecule has 0 radical (unpaired) electrons. The van der Waals surface area contributed by atoms with Crippen LogP contribution in [0, 0.1) is 24.0 Å². The zero-order chi connectivity index (χ0) is 24.2. The van der Waals surface area contributed by atoms with Gasteiger partial charge in [-0.05, 0) is 36.5 Å². The molecule has 0 spiro atoms. The number of benzene rings is 2. The van der Waals surface area contributed by atoms with Crippen molar-refractivity contribution in [2.75, 3.05) is 6.61 Å². The Labute approximate surface area is 196 Å². The summed E-state index contributed by atoms with van der Waals surface area (Å²) in [6.45, 7) is 5.92. The zero-order valence-corrected chi connectivity index (χ0v) is 19.3. The molecule has 0 aliphatic rings. The van der Waals surface area contributed by atoms with Gasteiger partial charge in [0.2, 0.25) is 0 Å². The fraction of sp³-hybridized carbons (Fsp3) is 0.240. The number of nitrogens with zero attached hydrogens (tertiary/aromatic N) is 5. The van der Waals surface area contributed by atoms with Crippen LogP contribution in [0.1, 0.15) is 34.4 Å². The summed E-state index contributed by atoms with van der Waals surface area (Å²) < 4.78 is 8.61. The molecule has 2 aromatic carbocycles. The molecule has 2 heterocycles. The minimum Gasteiger partial charge on any atom is -0.461 e. The largest absolute Gasteiger partial charge is 0.461 e. The number of carbonyl (C=O) groups excluding carboxylic acids is 1. The average Bonchev–Trinajstić information content (AvgIpc) is 3.39. The lowest BCUT2D eigenvalue weighted by Crippen LogP contribution is -2.12. The number of aryl methyl sites for hydroxylation is 2. The van der Waals surface area contributed by atoms with Crippen LogP contribution < -0.4 is 0 Å². The third-order valence-corrected chi connectivity index (χ3v) is 5.66. The molecule has 34 heavy (non-hydrogen) atoms. The van der Waals surface area contributed by atoms with Crippen molar-refractivity contribution in [1.29, 1.82) is 0 Å². The first-order valence-electron chi connectivity index (χ1n) is 11.0. The first-order valence-corrected chi connectivity index (χ1v) is 11.0. The Balaban J connectivity index is 1.92. The third-order valence-electron chi connectivity index (χ3n) is 5.66. The molecule has 0 N–H and O–H groups in total. The number of esters is 1. The number of rotatable bonds is 8. The van der Waals surface area contributed by atoms with Gasteiger partial charge in [0.25, 0.3) is 0 Å². The molecule has 0 amide bonds. The van der Waals surface area contributed by atoms with E-state index in [9.17, 15) is 14.9 Å². The first-order chi connectivity index (χ1) is 16.4. The second kappa shape index (κ2) is 9.70. The molecule has 4 aromatic rings. The summed E-state index contributed by atoms with van der Waals surface area (Å²) in [5, 5.41) is 16.2. The van der Waals surface area contributed by atoms with E-state index in [0.29, 0.717) is 17.8 Å². The molecule has 0 bridgehead atoms. The van der Waals surface area contributed by atoms with Crippen molar-refractivity contribution in [2.45, 2.75) is 33.7 Å². The van der Waals surface area contributed by atoms with Crippen LogP contribution in [0.2, 0.25) is 0 Å². The second-order valence-electron chi connectivity index (χ2n) is 7.78. The molecular weight excluding hydrogens is 434 g/mol. The van der Waals surface area contributed by atoms with E-state index in [-0.39, 0.29) is 24.7 Å². The molecule has 0 saturated carbocycles. The SMILES string of the molecule is CCOC(=O)c1nn(-c2ccccc2)c(-c2ccccc2C)c1CCn1c([N+](=O)[O-])cnc1C. The second-order valence-corrected chi connectivity index (χ2v) is 7.78. The highest BCUT2D eigenvalue weighted by atomic mass is 16.6. The monoisotopic (exact) mass is 459 g/mol. The first kappa shape index (κ1) is 22.9. The average molecular weight is 460 g/mol. The lowest BCUT2D eigenvalue weighted by atomic mass is 9.99. The summed E-state index contributed by atoms with van der Waals surface area (Å²) in [5.41, 5.74) is 4.35. The Morgan fingerprint density at radius 3 is 2.47 bits per heavy atom. The van der Waals surface area contributed by atoms with E-state index in [1.807, 2.05) is 61.5 Å². The van der Waals surface area contributed by atoms with E-state index >= 15 is 0 Å². The van der Waals surface area contributed by atoms with Crippen LogP contribution in [-0.2, 0) is 17.7 Å². The topological polar surface area (TPSA) is 105 Å². The van der Waals surface area contributed by atoms with Crippen molar-refractivity contribution >= 4 is 11.8 Å². The van der Waals surface area contributed by atoms with Gasteiger partial charge in [-0.2, -0.15) is 5.10 Å². The number of hydrogen-bond donors (Lipinski definition) is 0. The van der Waals surface area contributed by atoms with Crippen molar-refractivity contribution in [1.82, 2.24) is 19.3 Å². The van der Waals surface area contributed by atoms with E-state index in [2.05, 4.69) is 10.1 Å². The highest BCUT2D eigenvalue weighted by molar-refractivity contribution is 5.92. The van der Waals surface area contributed by atoms with Crippen molar-refractivity contribution < 1.29 is 14.5 Å². The highest BCUT2D eigenvalue weighted by Gasteiger charge is 2.28. The van der Waals surface area contributed by atoms with Crippen molar-refractivity contribution in [3.05, 3.63) is 93.6 Å². The van der Waals surface area contributed by atoms with E-state index < -0.39 is 10.9 Å². The minimum atomic E-state index is -0.529. The Morgan fingerprint density at radius 1 is 1.09 bits per heavy atom. The maximum absolute atomic E-state index is 13.0. The molecule has 2 aromatic heterocycles. The highest BCUT2D eigenvalue weighted by Crippen LogP contribution is 2.33. The van der Waals surface area contributed by atoms with Gasteiger partial charge in [-0.3, -0.25) is 0 Å². The van der Waals surface area contributed by atoms with Crippen LogP contribution in [0.5, 0.6) is 0 Å². The molecule has 0 aliphatic heterocycles. The molecule has 0 saturated heterocycles. The van der Waals surface area contributed by atoms with Crippen LogP contribution in [0.3, 0.4) is 0 Å². The predicted octanol–water partition coefficient (Wildman–Crippen LogP) is 4.68. The van der Waals surface area contributed by atoms with Gasteiger partial charge in [0.1, 0.15) is 6.20 Å². The number of ether oxygens (including phenoxy) is 1. The van der Waals surface area contributed by atoms with E-state index in [1.54, 1.807) is 18.5 Å². The lowest BCUT2D eigenvalue weighted by Gasteiger charge is -2.12. The zero-order valence-electron chi connectivity index (χ0n) is 19.3. The fourth-order valence-corrected chi connectivity index (χ4v) is 4.02. The van der Waals surface area contributed by atoms with Gasteiger partial charge in [0, 0.05) is 24.5 Å². The standard InChI is InChI=1S/C25H25N5O4/c1-4-34-25(31)23-21(14-15-28-18(3)26-16-22(28)30(32)33)24(20-13-9-8-10-17(20)2)29(27-23)19-11-6-5-7-12-19/h5-13,16H,4,14-15H2,1-3H3. The van der Waals surface area contributed by atoms with Crippen LogP contribution in [-0.4, -0.2) is 36.8 Å². The van der Waals surface area contributed by atoms with Crippen LogP contribution in [0.15, 0.2) is 60.8 Å². The molecular formula is C25H25N5O4. The predicted molar refractivity (Wildman–Crippen MR) is 127 cm³/mol. The Kier molecular flexibility index (Phi) is 6.53.